The van der Waals surface area contributed by atoms with Crippen LogP contribution < -0.4 is 5.73 Å². The fourth-order valence-electron chi connectivity index (χ4n) is 3.91. The number of likely N-dealkylation sites (tertiary alicyclic amines) is 1. The summed E-state index contributed by atoms with van der Waals surface area (Å²) < 4.78 is 5.58. The Balaban J connectivity index is 1.75. The molecule has 2 N–H and O–H groups in total. The zero-order valence-electron chi connectivity index (χ0n) is 10.4. The summed E-state index contributed by atoms with van der Waals surface area (Å²) in [5.74, 6) is 0.864. The normalized spacial score (nSPS) is 33.4. The molecular formula is C13H24N2O. The maximum Gasteiger partial charge on any atom is 0.0553 e. The Morgan fingerprint density at radius 2 is 1.88 bits per heavy atom. The number of nitrogens with two attached hydrogens (primary N) is 1. The Hall–Kier alpha value is -0.120. The van der Waals surface area contributed by atoms with Crippen molar-refractivity contribution in [3.8, 4) is 0 Å². The maximum absolute atomic E-state index is 6.03. The molecule has 0 aromatic heterocycles. The second-order valence-electron chi connectivity index (χ2n) is 6.21. The van der Waals surface area contributed by atoms with E-state index in [0.717, 1.165) is 25.7 Å². The van der Waals surface area contributed by atoms with Gasteiger partial charge in [0.1, 0.15) is 0 Å². The summed E-state index contributed by atoms with van der Waals surface area (Å²) in [5, 5.41) is 0. The fraction of sp³-hybridized carbons (Fsp3) is 1.00. The Morgan fingerprint density at radius 1 is 1.25 bits per heavy atom. The molecular weight excluding hydrogens is 200 g/mol. The molecule has 0 amide bonds. The Labute approximate surface area is 98.3 Å². The Kier molecular flexibility index (Phi) is 2.54. The van der Waals surface area contributed by atoms with E-state index in [2.05, 4.69) is 11.9 Å². The van der Waals surface area contributed by atoms with Crippen LogP contribution in [0.1, 0.15) is 25.7 Å². The van der Waals surface area contributed by atoms with E-state index in [-0.39, 0.29) is 0 Å². The molecule has 3 aliphatic rings. The molecule has 0 spiro atoms. The van der Waals surface area contributed by atoms with Crippen LogP contribution in [0, 0.1) is 16.7 Å². The molecule has 3 heteroatoms. The van der Waals surface area contributed by atoms with Gasteiger partial charge in [-0.2, -0.15) is 0 Å². The maximum atomic E-state index is 6.03. The molecule has 0 atom stereocenters. The number of rotatable bonds is 3. The fourth-order valence-corrected chi connectivity index (χ4v) is 3.91. The van der Waals surface area contributed by atoms with Gasteiger partial charge in [0, 0.05) is 5.41 Å². The third-order valence-corrected chi connectivity index (χ3v) is 5.52. The molecule has 3 rings (SSSR count). The Bertz CT molecular complexity index is 263. The van der Waals surface area contributed by atoms with E-state index in [1.807, 2.05) is 0 Å². The minimum Gasteiger partial charge on any atom is -0.380 e. The third kappa shape index (κ3) is 1.38. The molecule has 1 saturated carbocycles. The summed E-state index contributed by atoms with van der Waals surface area (Å²) in [4.78, 5) is 2.45. The monoisotopic (exact) mass is 224 g/mol. The summed E-state index contributed by atoms with van der Waals surface area (Å²) in [6, 6.07) is 0. The quantitative estimate of drug-likeness (QED) is 0.780. The summed E-state index contributed by atoms with van der Waals surface area (Å²) >= 11 is 0. The summed E-state index contributed by atoms with van der Waals surface area (Å²) in [7, 11) is 2.23. The van der Waals surface area contributed by atoms with Crippen molar-refractivity contribution < 1.29 is 4.74 Å². The van der Waals surface area contributed by atoms with Crippen molar-refractivity contribution in [2.45, 2.75) is 25.7 Å². The van der Waals surface area contributed by atoms with Crippen LogP contribution >= 0.6 is 0 Å². The van der Waals surface area contributed by atoms with Gasteiger partial charge < -0.3 is 15.4 Å². The summed E-state index contributed by atoms with van der Waals surface area (Å²) in [6.45, 7) is 5.36. The van der Waals surface area contributed by atoms with Crippen molar-refractivity contribution in [2.24, 2.45) is 22.5 Å². The summed E-state index contributed by atoms with van der Waals surface area (Å²) in [5.41, 5.74) is 6.96. The van der Waals surface area contributed by atoms with E-state index in [4.69, 9.17) is 10.5 Å². The van der Waals surface area contributed by atoms with Crippen LogP contribution in [0.4, 0.5) is 0 Å². The van der Waals surface area contributed by atoms with Gasteiger partial charge in [-0.05, 0) is 63.7 Å². The molecule has 3 fully saturated rings. The predicted octanol–water partition coefficient (Wildman–Crippen LogP) is 1.08. The zero-order chi connectivity index (χ0) is 11.2. The number of hydrogen-bond acceptors (Lipinski definition) is 3. The van der Waals surface area contributed by atoms with E-state index in [9.17, 15) is 0 Å². The molecule has 1 aliphatic carbocycles. The Morgan fingerprint density at radius 3 is 2.25 bits per heavy atom. The lowest BCUT2D eigenvalue weighted by Gasteiger charge is -2.54. The van der Waals surface area contributed by atoms with Gasteiger partial charge in [0.2, 0.25) is 0 Å². The number of piperidine rings is 1. The molecule has 2 aliphatic heterocycles. The first-order valence-corrected chi connectivity index (χ1v) is 6.69. The van der Waals surface area contributed by atoms with E-state index in [1.54, 1.807) is 0 Å². The third-order valence-electron chi connectivity index (χ3n) is 5.52. The number of nitrogens with zero attached hydrogens (tertiary/aromatic N) is 1. The molecule has 16 heavy (non-hydrogen) atoms. The highest BCUT2D eigenvalue weighted by molar-refractivity contribution is 5.13. The molecule has 0 radical (unpaired) electrons. The van der Waals surface area contributed by atoms with Gasteiger partial charge in [0.25, 0.3) is 0 Å². The molecule has 92 valence electrons. The highest BCUT2D eigenvalue weighted by Crippen LogP contribution is 2.65. The van der Waals surface area contributed by atoms with Crippen molar-refractivity contribution in [3.05, 3.63) is 0 Å². The van der Waals surface area contributed by atoms with Gasteiger partial charge in [0.15, 0.2) is 0 Å². The SMILES string of the molecule is CN1CCC(C2(C3(CN)CC3)COC2)CC1. The van der Waals surface area contributed by atoms with Gasteiger partial charge in [-0.15, -0.1) is 0 Å². The molecule has 0 unspecified atom stereocenters. The number of ether oxygens (including phenoxy) is 1. The molecule has 0 aromatic carbocycles. The molecule has 0 bridgehead atoms. The average molecular weight is 224 g/mol. The highest BCUT2D eigenvalue weighted by atomic mass is 16.5. The molecule has 2 saturated heterocycles. The van der Waals surface area contributed by atoms with Crippen LogP contribution in [0.3, 0.4) is 0 Å². The van der Waals surface area contributed by atoms with E-state index >= 15 is 0 Å². The lowest BCUT2D eigenvalue weighted by Crippen LogP contribution is -2.58. The second-order valence-corrected chi connectivity index (χ2v) is 6.21. The van der Waals surface area contributed by atoms with Crippen LogP contribution in [0.2, 0.25) is 0 Å². The van der Waals surface area contributed by atoms with Gasteiger partial charge in [-0.25, -0.2) is 0 Å². The van der Waals surface area contributed by atoms with Crippen molar-refractivity contribution >= 4 is 0 Å². The minimum atomic E-state index is 0.461. The van der Waals surface area contributed by atoms with Crippen LogP contribution in [0.15, 0.2) is 0 Å². The van der Waals surface area contributed by atoms with Crippen LogP contribution in [0.25, 0.3) is 0 Å². The standard InChI is InChI=1S/C13H24N2O/c1-15-6-2-11(3-7-15)13(9-16-10-13)12(8-14)4-5-12/h11H,2-10,14H2,1H3. The van der Waals surface area contributed by atoms with Gasteiger partial charge >= 0.3 is 0 Å². The molecule has 2 heterocycles. The second kappa shape index (κ2) is 3.69. The van der Waals surface area contributed by atoms with Crippen LogP contribution in [-0.4, -0.2) is 44.8 Å². The first kappa shape index (κ1) is 11.0. The minimum absolute atomic E-state index is 0.461. The topological polar surface area (TPSA) is 38.5 Å². The van der Waals surface area contributed by atoms with Gasteiger partial charge in [-0.1, -0.05) is 0 Å². The molecule has 0 aromatic rings. The van der Waals surface area contributed by atoms with Crippen molar-refractivity contribution in [1.82, 2.24) is 4.90 Å². The van der Waals surface area contributed by atoms with E-state index in [0.29, 0.717) is 10.8 Å². The lowest BCUT2D eigenvalue weighted by molar-refractivity contribution is -0.193. The van der Waals surface area contributed by atoms with E-state index < -0.39 is 0 Å². The summed E-state index contributed by atoms with van der Waals surface area (Å²) in [6.07, 6.45) is 5.39. The van der Waals surface area contributed by atoms with Crippen molar-refractivity contribution in [2.75, 3.05) is 39.9 Å². The zero-order valence-corrected chi connectivity index (χ0v) is 10.4. The molecule has 3 nitrogen and oxygen atoms in total. The smallest absolute Gasteiger partial charge is 0.0553 e. The first-order valence-electron chi connectivity index (χ1n) is 6.69. The number of hydrogen-bond donors (Lipinski definition) is 1. The average Bonchev–Trinajstić information content (AvgIpc) is 3.01. The van der Waals surface area contributed by atoms with Gasteiger partial charge in [0.05, 0.1) is 13.2 Å². The van der Waals surface area contributed by atoms with Crippen molar-refractivity contribution in [1.29, 1.82) is 0 Å². The van der Waals surface area contributed by atoms with Gasteiger partial charge in [-0.3, -0.25) is 0 Å². The predicted molar refractivity (Wildman–Crippen MR) is 64.2 cm³/mol. The van der Waals surface area contributed by atoms with E-state index in [1.165, 1.54) is 38.8 Å². The van der Waals surface area contributed by atoms with Crippen LogP contribution in [-0.2, 0) is 4.74 Å². The van der Waals surface area contributed by atoms with Crippen LogP contribution in [0.5, 0.6) is 0 Å². The lowest BCUT2D eigenvalue weighted by atomic mass is 9.60. The first-order chi connectivity index (χ1) is 7.72. The van der Waals surface area contributed by atoms with Crippen molar-refractivity contribution in [3.63, 3.8) is 0 Å². The largest absolute Gasteiger partial charge is 0.380 e. The highest BCUT2D eigenvalue weighted by Gasteiger charge is 2.64.